The predicted octanol–water partition coefficient (Wildman–Crippen LogP) is 1.84. The normalized spacial score (nSPS) is 24.2. The molecule has 3 unspecified atom stereocenters. The molecule has 0 bridgehead atoms. The lowest BCUT2D eigenvalue weighted by molar-refractivity contribution is 0.247. The van der Waals surface area contributed by atoms with Gasteiger partial charge in [-0.2, -0.15) is 0 Å². The number of hydrogen-bond donors (Lipinski definition) is 2. The van der Waals surface area contributed by atoms with Crippen molar-refractivity contribution in [1.29, 1.82) is 0 Å². The van der Waals surface area contributed by atoms with E-state index in [0.29, 0.717) is 12.1 Å². The number of rotatable bonds is 8. The monoisotopic (exact) mass is 241 g/mol. The number of hydrogen-bond acceptors (Lipinski definition) is 3. The van der Waals surface area contributed by atoms with Crippen molar-refractivity contribution in [2.24, 2.45) is 0 Å². The summed E-state index contributed by atoms with van der Waals surface area (Å²) in [6.45, 7) is 10.3. The van der Waals surface area contributed by atoms with Crippen LogP contribution >= 0.6 is 0 Å². The Morgan fingerprint density at radius 1 is 1.41 bits per heavy atom. The fourth-order valence-corrected chi connectivity index (χ4v) is 2.49. The van der Waals surface area contributed by atoms with Crippen LogP contribution in [0.25, 0.3) is 0 Å². The lowest BCUT2D eigenvalue weighted by atomic mass is 10.1. The summed E-state index contributed by atoms with van der Waals surface area (Å²) < 4.78 is 0. The van der Waals surface area contributed by atoms with E-state index in [1.807, 2.05) is 0 Å². The molecule has 0 amide bonds. The van der Waals surface area contributed by atoms with Gasteiger partial charge in [-0.3, -0.25) is 0 Å². The molecule has 2 N–H and O–H groups in total. The highest BCUT2D eigenvalue weighted by Crippen LogP contribution is 2.10. The van der Waals surface area contributed by atoms with Crippen molar-refractivity contribution in [2.75, 3.05) is 26.7 Å². The molecule has 0 saturated carbocycles. The maximum atomic E-state index is 3.64. The molecule has 0 spiro atoms. The molecule has 1 heterocycles. The Hall–Kier alpha value is -0.120. The van der Waals surface area contributed by atoms with Gasteiger partial charge in [0.1, 0.15) is 0 Å². The Kier molecular flexibility index (Phi) is 7.09. The molecule has 1 saturated heterocycles. The highest BCUT2D eigenvalue weighted by Gasteiger charge is 2.16. The highest BCUT2D eigenvalue weighted by molar-refractivity contribution is 4.78. The predicted molar refractivity (Wildman–Crippen MR) is 75.5 cm³/mol. The van der Waals surface area contributed by atoms with E-state index in [4.69, 9.17) is 0 Å². The third-order valence-electron chi connectivity index (χ3n) is 4.10. The Bertz CT molecular complexity index is 190. The second-order valence-corrected chi connectivity index (χ2v) is 5.62. The topological polar surface area (TPSA) is 27.3 Å². The zero-order valence-corrected chi connectivity index (χ0v) is 12.1. The average molecular weight is 241 g/mol. The quantitative estimate of drug-likeness (QED) is 0.679. The van der Waals surface area contributed by atoms with E-state index in [1.54, 1.807) is 0 Å². The van der Waals surface area contributed by atoms with E-state index in [1.165, 1.54) is 32.2 Å². The zero-order chi connectivity index (χ0) is 12.7. The molecular formula is C14H31N3. The van der Waals surface area contributed by atoms with Gasteiger partial charge >= 0.3 is 0 Å². The largest absolute Gasteiger partial charge is 0.314 e. The van der Waals surface area contributed by atoms with Gasteiger partial charge in [0, 0.05) is 31.2 Å². The molecule has 0 aliphatic carbocycles. The first kappa shape index (κ1) is 14.9. The summed E-state index contributed by atoms with van der Waals surface area (Å²) in [5.74, 6) is 0. The van der Waals surface area contributed by atoms with Crippen LogP contribution in [0.2, 0.25) is 0 Å². The number of nitrogens with zero attached hydrogens (tertiary/aromatic N) is 1. The maximum absolute atomic E-state index is 3.64. The van der Waals surface area contributed by atoms with Gasteiger partial charge in [0.05, 0.1) is 0 Å². The van der Waals surface area contributed by atoms with Crippen LogP contribution in [0.5, 0.6) is 0 Å². The van der Waals surface area contributed by atoms with E-state index in [2.05, 4.69) is 43.4 Å². The molecule has 1 fully saturated rings. The minimum Gasteiger partial charge on any atom is -0.314 e. The smallest absolute Gasteiger partial charge is 0.0107 e. The molecule has 0 radical (unpaired) electrons. The van der Waals surface area contributed by atoms with Crippen molar-refractivity contribution in [1.82, 2.24) is 15.5 Å². The standard InChI is InChI=1S/C14H31N3/c1-5-13(3)17(4)10-9-15-12(2)11-14-7-6-8-16-14/h12-16H,5-11H2,1-4H3. The van der Waals surface area contributed by atoms with Crippen molar-refractivity contribution in [3.8, 4) is 0 Å². The second kappa shape index (κ2) is 8.06. The van der Waals surface area contributed by atoms with Gasteiger partial charge in [0.2, 0.25) is 0 Å². The molecular weight excluding hydrogens is 210 g/mol. The fraction of sp³-hybridized carbons (Fsp3) is 1.00. The first-order valence-electron chi connectivity index (χ1n) is 7.30. The van der Waals surface area contributed by atoms with Crippen molar-refractivity contribution in [3.63, 3.8) is 0 Å². The zero-order valence-electron chi connectivity index (χ0n) is 12.1. The van der Waals surface area contributed by atoms with Crippen LogP contribution in [0.4, 0.5) is 0 Å². The van der Waals surface area contributed by atoms with Crippen molar-refractivity contribution in [2.45, 2.75) is 64.6 Å². The molecule has 17 heavy (non-hydrogen) atoms. The maximum Gasteiger partial charge on any atom is 0.0107 e. The molecule has 0 aromatic carbocycles. The summed E-state index contributed by atoms with van der Waals surface area (Å²) in [5, 5.41) is 7.20. The van der Waals surface area contributed by atoms with Gasteiger partial charge in [-0.25, -0.2) is 0 Å². The van der Waals surface area contributed by atoms with Gasteiger partial charge < -0.3 is 15.5 Å². The number of likely N-dealkylation sites (N-methyl/N-ethyl adjacent to an activating group) is 1. The minimum absolute atomic E-state index is 0.635. The fourth-order valence-electron chi connectivity index (χ4n) is 2.49. The molecule has 1 aliphatic rings. The van der Waals surface area contributed by atoms with Crippen LogP contribution in [0, 0.1) is 0 Å². The van der Waals surface area contributed by atoms with E-state index >= 15 is 0 Å². The first-order chi connectivity index (χ1) is 8.13. The SMILES string of the molecule is CCC(C)N(C)CCNC(C)CC1CCCN1. The minimum atomic E-state index is 0.635. The summed E-state index contributed by atoms with van der Waals surface area (Å²) in [4.78, 5) is 2.44. The molecule has 3 heteroatoms. The van der Waals surface area contributed by atoms with Gasteiger partial charge in [-0.15, -0.1) is 0 Å². The Labute approximate surface area is 107 Å². The lowest BCUT2D eigenvalue weighted by Crippen LogP contribution is -2.39. The van der Waals surface area contributed by atoms with Crippen LogP contribution in [-0.2, 0) is 0 Å². The summed E-state index contributed by atoms with van der Waals surface area (Å²) >= 11 is 0. The number of nitrogens with one attached hydrogen (secondary N) is 2. The van der Waals surface area contributed by atoms with E-state index in [-0.39, 0.29) is 0 Å². The van der Waals surface area contributed by atoms with Crippen LogP contribution < -0.4 is 10.6 Å². The third-order valence-corrected chi connectivity index (χ3v) is 4.10. The van der Waals surface area contributed by atoms with Crippen LogP contribution in [-0.4, -0.2) is 49.7 Å². The lowest BCUT2D eigenvalue weighted by Gasteiger charge is -2.25. The molecule has 0 aromatic rings. The van der Waals surface area contributed by atoms with Crippen LogP contribution in [0.15, 0.2) is 0 Å². The highest BCUT2D eigenvalue weighted by atomic mass is 15.1. The molecule has 0 aromatic heterocycles. The third kappa shape index (κ3) is 5.84. The van der Waals surface area contributed by atoms with Gasteiger partial charge in [-0.1, -0.05) is 6.92 Å². The van der Waals surface area contributed by atoms with E-state index in [0.717, 1.165) is 19.1 Å². The summed E-state index contributed by atoms with van der Waals surface area (Å²) in [6.07, 6.45) is 5.22. The first-order valence-corrected chi connectivity index (χ1v) is 7.30. The molecule has 1 rings (SSSR count). The van der Waals surface area contributed by atoms with Gasteiger partial charge in [0.15, 0.2) is 0 Å². The summed E-state index contributed by atoms with van der Waals surface area (Å²) in [5.41, 5.74) is 0. The van der Waals surface area contributed by atoms with Crippen molar-refractivity contribution in [3.05, 3.63) is 0 Å². The average Bonchev–Trinajstić information content (AvgIpc) is 2.80. The summed E-state index contributed by atoms with van der Waals surface area (Å²) in [6, 6.07) is 2.09. The van der Waals surface area contributed by atoms with Gasteiger partial charge in [0.25, 0.3) is 0 Å². The van der Waals surface area contributed by atoms with Crippen LogP contribution in [0.1, 0.15) is 46.5 Å². The Balaban J connectivity index is 2.04. The molecule has 102 valence electrons. The molecule has 1 aliphatic heterocycles. The second-order valence-electron chi connectivity index (χ2n) is 5.62. The van der Waals surface area contributed by atoms with Crippen molar-refractivity contribution >= 4 is 0 Å². The Morgan fingerprint density at radius 2 is 2.18 bits per heavy atom. The Morgan fingerprint density at radius 3 is 2.76 bits per heavy atom. The summed E-state index contributed by atoms with van der Waals surface area (Å²) in [7, 11) is 2.22. The van der Waals surface area contributed by atoms with Gasteiger partial charge in [-0.05, 0) is 53.1 Å². The molecule has 3 nitrogen and oxygen atoms in total. The van der Waals surface area contributed by atoms with E-state index in [9.17, 15) is 0 Å². The molecule has 3 atom stereocenters. The van der Waals surface area contributed by atoms with Crippen LogP contribution in [0.3, 0.4) is 0 Å². The van der Waals surface area contributed by atoms with E-state index < -0.39 is 0 Å². The van der Waals surface area contributed by atoms with Crippen molar-refractivity contribution < 1.29 is 0 Å².